The van der Waals surface area contributed by atoms with Crippen LogP contribution in [0.25, 0.3) is 0 Å². The van der Waals surface area contributed by atoms with Crippen molar-refractivity contribution in [3.63, 3.8) is 0 Å². The minimum absolute atomic E-state index is 0.427. The molecule has 0 unspecified atom stereocenters. The Kier molecular flexibility index (Phi) is 2.95. The molecule has 1 aromatic carbocycles. The molecule has 0 saturated heterocycles. The van der Waals surface area contributed by atoms with Crippen molar-refractivity contribution in [3.05, 3.63) is 29.6 Å². The molecular weight excluding hydrogens is 223 g/mol. The van der Waals surface area contributed by atoms with Crippen LogP contribution in [0.2, 0.25) is 0 Å². The zero-order chi connectivity index (χ0) is 11.5. The van der Waals surface area contributed by atoms with Crippen LogP contribution in [0.1, 0.15) is 5.56 Å². The smallest absolute Gasteiger partial charge is 0.210 e. The molecule has 5 nitrogen and oxygen atoms in total. The number of isocyanates is 1. The van der Waals surface area contributed by atoms with Gasteiger partial charge in [0.05, 0.1) is 10.5 Å². The summed E-state index contributed by atoms with van der Waals surface area (Å²) in [6.45, 7) is 0. The first kappa shape index (κ1) is 11.0. The third-order valence-electron chi connectivity index (χ3n) is 1.51. The molecule has 76 valence electrons. The van der Waals surface area contributed by atoms with Crippen LogP contribution in [0.15, 0.2) is 27.5 Å². The van der Waals surface area contributed by atoms with Gasteiger partial charge >= 0.3 is 0 Å². The van der Waals surface area contributed by atoms with E-state index in [0.29, 0.717) is 0 Å². The average molecular weight is 226 g/mol. The zero-order valence-corrected chi connectivity index (χ0v) is 7.95. The van der Waals surface area contributed by atoms with E-state index in [4.69, 9.17) is 5.26 Å². The second kappa shape index (κ2) is 4.00. The van der Waals surface area contributed by atoms with Crippen molar-refractivity contribution in [2.75, 3.05) is 0 Å². The van der Waals surface area contributed by atoms with Gasteiger partial charge in [0.15, 0.2) is 0 Å². The fourth-order valence-corrected chi connectivity index (χ4v) is 1.56. The number of hydrogen-bond donors (Lipinski definition) is 0. The third-order valence-corrected chi connectivity index (χ3v) is 2.68. The first-order valence-electron chi connectivity index (χ1n) is 3.55. The van der Waals surface area contributed by atoms with Gasteiger partial charge in [-0.3, -0.25) is 0 Å². The number of benzene rings is 1. The van der Waals surface area contributed by atoms with Crippen molar-refractivity contribution in [1.82, 2.24) is 0 Å². The summed E-state index contributed by atoms with van der Waals surface area (Å²) in [5, 5.41) is 8.45. The summed E-state index contributed by atoms with van der Waals surface area (Å²) in [5.41, 5.74) is -0.433. The third kappa shape index (κ3) is 2.26. The van der Waals surface area contributed by atoms with Crippen LogP contribution in [0.4, 0.5) is 4.39 Å². The molecule has 0 aromatic heterocycles. The number of rotatable bonds is 2. The standard InChI is InChI=1S/C8H3FN2O3S/c9-8-2-1-7(3-6(8)4-10)15(13,14)11-5-12/h1-3H. The van der Waals surface area contributed by atoms with Crippen molar-refractivity contribution in [1.29, 1.82) is 5.26 Å². The molecule has 15 heavy (non-hydrogen) atoms. The number of nitriles is 1. The molecule has 7 heteroatoms. The molecule has 0 fully saturated rings. The van der Waals surface area contributed by atoms with E-state index in [9.17, 15) is 17.6 Å². The van der Waals surface area contributed by atoms with Crippen LogP contribution in [0.3, 0.4) is 0 Å². The maximum atomic E-state index is 12.8. The van der Waals surface area contributed by atoms with Gasteiger partial charge in [-0.2, -0.15) is 13.7 Å². The van der Waals surface area contributed by atoms with E-state index in [0.717, 1.165) is 24.3 Å². The fraction of sp³-hybridized carbons (Fsp3) is 0. The van der Waals surface area contributed by atoms with Crippen LogP contribution in [-0.2, 0) is 14.8 Å². The van der Waals surface area contributed by atoms with Gasteiger partial charge in [-0.05, 0) is 18.2 Å². The lowest BCUT2D eigenvalue weighted by Crippen LogP contribution is -1.98. The lowest BCUT2D eigenvalue weighted by Gasteiger charge is -1.97. The Labute approximate surface area is 84.5 Å². The normalized spacial score (nSPS) is 10.1. The molecule has 1 aromatic rings. The van der Waals surface area contributed by atoms with E-state index in [-0.39, 0.29) is 0 Å². The number of carbonyl (C=O) groups excluding carboxylic acids is 1. The number of nitrogens with zero attached hydrogens (tertiary/aromatic N) is 2. The first-order valence-corrected chi connectivity index (χ1v) is 4.99. The lowest BCUT2D eigenvalue weighted by atomic mass is 10.2. The van der Waals surface area contributed by atoms with Crippen LogP contribution in [0.5, 0.6) is 0 Å². The van der Waals surface area contributed by atoms with Crippen molar-refractivity contribution in [3.8, 4) is 6.07 Å². The second-order valence-electron chi connectivity index (χ2n) is 2.41. The molecule has 0 N–H and O–H groups in total. The lowest BCUT2D eigenvalue weighted by molar-refractivity contribution is 0.563. The van der Waals surface area contributed by atoms with Crippen molar-refractivity contribution in [2.45, 2.75) is 4.90 Å². The summed E-state index contributed by atoms with van der Waals surface area (Å²) in [4.78, 5) is 9.38. The minimum Gasteiger partial charge on any atom is -0.210 e. The quantitative estimate of drug-likeness (QED) is 0.549. The Hall–Kier alpha value is -2.03. The van der Waals surface area contributed by atoms with Gasteiger partial charge in [0.1, 0.15) is 11.9 Å². The summed E-state index contributed by atoms with van der Waals surface area (Å²) in [6.07, 6.45) is 0.869. The maximum absolute atomic E-state index is 12.8. The molecule has 0 spiro atoms. The van der Waals surface area contributed by atoms with Gasteiger partial charge < -0.3 is 0 Å². The van der Waals surface area contributed by atoms with Crippen LogP contribution in [0, 0.1) is 17.1 Å². The molecule has 1 rings (SSSR count). The van der Waals surface area contributed by atoms with Crippen molar-refractivity contribution >= 4 is 16.1 Å². The van der Waals surface area contributed by atoms with Gasteiger partial charge in [0.25, 0.3) is 16.1 Å². The molecule has 0 bridgehead atoms. The molecule has 0 atom stereocenters. The Morgan fingerprint density at radius 1 is 1.40 bits per heavy atom. The Morgan fingerprint density at radius 2 is 2.07 bits per heavy atom. The van der Waals surface area contributed by atoms with Crippen molar-refractivity contribution in [2.24, 2.45) is 4.40 Å². The monoisotopic (exact) mass is 226 g/mol. The number of hydrogen-bond acceptors (Lipinski definition) is 4. The van der Waals surface area contributed by atoms with Crippen LogP contribution < -0.4 is 0 Å². The first-order chi connectivity index (χ1) is 7.01. The molecule has 0 heterocycles. The zero-order valence-electron chi connectivity index (χ0n) is 7.14. The van der Waals surface area contributed by atoms with E-state index in [2.05, 4.69) is 4.40 Å². The highest BCUT2D eigenvalue weighted by molar-refractivity contribution is 7.90. The van der Waals surface area contributed by atoms with E-state index >= 15 is 0 Å². The van der Waals surface area contributed by atoms with Gasteiger partial charge in [0.2, 0.25) is 0 Å². The summed E-state index contributed by atoms with van der Waals surface area (Å²) in [6, 6.07) is 3.99. The Bertz CT molecular complexity index is 582. The van der Waals surface area contributed by atoms with E-state index < -0.39 is 26.3 Å². The molecule has 0 radical (unpaired) electrons. The second-order valence-corrected chi connectivity index (χ2v) is 4.02. The topological polar surface area (TPSA) is 87.4 Å². The summed E-state index contributed by atoms with van der Waals surface area (Å²) >= 11 is 0. The Morgan fingerprint density at radius 3 is 2.60 bits per heavy atom. The summed E-state index contributed by atoms with van der Waals surface area (Å²) in [5.74, 6) is -0.841. The van der Waals surface area contributed by atoms with Gasteiger partial charge in [-0.25, -0.2) is 9.18 Å². The molecular formula is C8H3FN2O3S. The van der Waals surface area contributed by atoms with Crippen LogP contribution >= 0.6 is 0 Å². The molecule has 0 aliphatic heterocycles. The minimum atomic E-state index is -4.18. The van der Waals surface area contributed by atoms with E-state index in [1.807, 2.05) is 0 Å². The highest BCUT2D eigenvalue weighted by Crippen LogP contribution is 2.15. The van der Waals surface area contributed by atoms with Crippen LogP contribution in [-0.4, -0.2) is 14.5 Å². The predicted molar refractivity (Wildman–Crippen MR) is 46.4 cm³/mol. The fourth-order valence-electron chi connectivity index (χ4n) is 0.852. The molecule has 0 saturated carbocycles. The number of halogens is 1. The molecule has 0 aliphatic carbocycles. The highest BCUT2D eigenvalue weighted by Gasteiger charge is 2.14. The van der Waals surface area contributed by atoms with Gasteiger partial charge in [0, 0.05) is 0 Å². The summed E-state index contributed by atoms with van der Waals surface area (Å²) in [7, 11) is -4.18. The SMILES string of the molecule is N#Cc1cc(S(=O)(=O)N=C=O)ccc1F. The van der Waals surface area contributed by atoms with E-state index in [1.54, 1.807) is 0 Å². The largest absolute Gasteiger partial charge is 0.292 e. The molecule has 0 aliphatic rings. The van der Waals surface area contributed by atoms with Gasteiger partial charge in [-0.15, -0.1) is 0 Å². The maximum Gasteiger partial charge on any atom is 0.292 e. The van der Waals surface area contributed by atoms with Gasteiger partial charge in [-0.1, -0.05) is 4.40 Å². The van der Waals surface area contributed by atoms with E-state index in [1.165, 1.54) is 6.07 Å². The van der Waals surface area contributed by atoms with Crippen molar-refractivity contribution < 1.29 is 17.6 Å². The Balaban J connectivity index is 3.43. The highest BCUT2D eigenvalue weighted by atomic mass is 32.2. The summed E-state index contributed by atoms with van der Waals surface area (Å²) < 4.78 is 37.7. The average Bonchev–Trinajstić information content (AvgIpc) is 2.18. The predicted octanol–water partition coefficient (Wildman–Crippen LogP) is 0.722. The molecule has 0 amide bonds. The number of sulfonamides is 1.